The van der Waals surface area contributed by atoms with Gasteiger partial charge in [-0.2, -0.15) is 0 Å². The van der Waals surface area contributed by atoms with Gasteiger partial charge in [0.25, 0.3) is 0 Å². The number of carboxylic acids is 1. The lowest BCUT2D eigenvalue weighted by Crippen LogP contribution is -2.41. The van der Waals surface area contributed by atoms with Crippen LogP contribution >= 0.6 is 0 Å². The number of nitrogens with zero attached hydrogens (tertiary/aromatic N) is 2. The van der Waals surface area contributed by atoms with E-state index in [9.17, 15) is 9.59 Å². The lowest BCUT2D eigenvalue weighted by Gasteiger charge is -2.27. The van der Waals surface area contributed by atoms with E-state index in [4.69, 9.17) is 5.11 Å². The molecule has 0 radical (unpaired) electrons. The second-order valence-electron chi connectivity index (χ2n) is 4.18. The Kier molecular flexibility index (Phi) is 5.29. The summed E-state index contributed by atoms with van der Waals surface area (Å²) in [7, 11) is 0. The molecule has 2 N–H and O–H groups in total. The average Bonchev–Trinajstić information content (AvgIpc) is 2.39. The van der Waals surface area contributed by atoms with E-state index in [-0.39, 0.29) is 23.5 Å². The number of hydrogen-bond acceptors (Lipinski definition) is 3. The van der Waals surface area contributed by atoms with E-state index in [2.05, 4.69) is 10.3 Å². The van der Waals surface area contributed by atoms with Crippen molar-refractivity contribution in [3.05, 3.63) is 24.0 Å². The number of anilines is 1. The Balaban J connectivity index is 2.90. The molecule has 1 heterocycles. The van der Waals surface area contributed by atoms with E-state index in [0.717, 1.165) is 6.42 Å². The maximum absolute atomic E-state index is 12.1. The van der Waals surface area contributed by atoms with Crippen LogP contribution in [0.3, 0.4) is 0 Å². The largest absolute Gasteiger partial charge is 0.476 e. The first-order valence-electron chi connectivity index (χ1n) is 6.27. The molecule has 19 heavy (non-hydrogen) atoms. The molecular weight excluding hydrogens is 246 g/mol. The predicted octanol–water partition coefficient (Wildman–Crippen LogP) is 2.43. The molecule has 2 amide bonds. The number of rotatable bonds is 5. The van der Waals surface area contributed by atoms with Crippen LogP contribution in [0.15, 0.2) is 18.3 Å². The summed E-state index contributed by atoms with van der Waals surface area (Å²) >= 11 is 0. The highest BCUT2D eigenvalue weighted by Crippen LogP contribution is 2.14. The molecule has 0 spiro atoms. The van der Waals surface area contributed by atoms with Crippen LogP contribution in [0.25, 0.3) is 0 Å². The third-order valence-corrected chi connectivity index (χ3v) is 2.98. The van der Waals surface area contributed by atoms with Gasteiger partial charge in [-0.15, -0.1) is 0 Å². The van der Waals surface area contributed by atoms with Crippen LogP contribution in [-0.2, 0) is 0 Å². The van der Waals surface area contributed by atoms with Crippen molar-refractivity contribution in [2.45, 2.75) is 33.2 Å². The van der Waals surface area contributed by atoms with Crippen molar-refractivity contribution in [2.24, 2.45) is 0 Å². The molecule has 0 aromatic carbocycles. The van der Waals surface area contributed by atoms with Gasteiger partial charge in [-0.3, -0.25) is 0 Å². The first-order valence-corrected chi connectivity index (χ1v) is 6.27. The van der Waals surface area contributed by atoms with Crippen LogP contribution in [0.5, 0.6) is 0 Å². The Morgan fingerprint density at radius 3 is 2.68 bits per heavy atom. The predicted molar refractivity (Wildman–Crippen MR) is 72.3 cm³/mol. The fourth-order valence-electron chi connectivity index (χ4n) is 1.74. The molecule has 1 aromatic rings. The minimum atomic E-state index is -1.16. The zero-order chi connectivity index (χ0) is 14.4. The molecule has 0 aliphatic heterocycles. The van der Waals surface area contributed by atoms with Crippen molar-refractivity contribution >= 4 is 17.7 Å². The van der Waals surface area contributed by atoms with Crippen LogP contribution in [0, 0.1) is 0 Å². The Hall–Kier alpha value is -2.11. The molecule has 1 rings (SSSR count). The highest BCUT2D eigenvalue weighted by atomic mass is 16.4. The number of amides is 2. The molecule has 104 valence electrons. The second kappa shape index (κ2) is 6.72. The Morgan fingerprint density at radius 2 is 2.16 bits per heavy atom. The van der Waals surface area contributed by atoms with Gasteiger partial charge in [0.2, 0.25) is 0 Å². The number of aromatic nitrogens is 1. The summed E-state index contributed by atoms with van der Waals surface area (Å²) in [6.07, 6.45) is 2.21. The fourth-order valence-corrected chi connectivity index (χ4v) is 1.74. The lowest BCUT2D eigenvalue weighted by molar-refractivity contribution is 0.0691. The van der Waals surface area contributed by atoms with Gasteiger partial charge >= 0.3 is 12.0 Å². The lowest BCUT2D eigenvalue weighted by atomic mass is 10.2. The third-order valence-electron chi connectivity index (χ3n) is 2.98. The molecule has 1 atom stereocenters. The molecular formula is C13H19N3O3. The maximum atomic E-state index is 12.1. The van der Waals surface area contributed by atoms with Crippen molar-refractivity contribution in [3.63, 3.8) is 0 Å². The molecule has 0 fully saturated rings. The molecule has 0 bridgehead atoms. The van der Waals surface area contributed by atoms with Crippen molar-refractivity contribution in [3.8, 4) is 0 Å². The second-order valence-corrected chi connectivity index (χ2v) is 4.18. The maximum Gasteiger partial charge on any atom is 0.356 e. The van der Waals surface area contributed by atoms with Gasteiger partial charge in [0, 0.05) is 18.8 Å². The minimum Gasteiger partial charge on any atom is -0.476 e. The van der Waals surface area contributed by atoms with E-state index in [1.807, 2.05) is 20.8 Å². The van der Waals surface area contributed by atoms with Crippen LogP contribution in [-0.4, -0.2) is 39.6 Å². The van der Waals surface area contributed by atoms with Crippen LogP contribution in [0.1, 0.15) is 37.7 Å². The van der Waals surface area contributed by atoms with Crippen LogP contribution in [0.4, 0.5) is 10.5 Å². The number of urea groups is 1. The highest BCUT2D eigenvalue weighted by molar-refractivity contribution is 5.98. The van der Waals surface area contributed by atoms with Crippen molar-refractivity contribution in [1.82, 2.24) is 9.88 Å². The number of aromatic carboxylic acids is 1. The third kappa shape index (κ3) is 3.67. The van der Waals surface area contributed by atoms with Gasteiger partial charge in [-0.1, -0.05) is 6.92 Å². The summed E-state index contributed by atoms with van der Waals surface area (Å²) in [6.45, 7) is 6.38. The van der Waals surface area contributed by atoms with Gasteiger partial charge < -0.3 is 15.3 Å². The zero-order valence-electron chi connectivity index (χ0n) is 11.4. The molecule has 0 aliphatic carbocycles. The summed E-state index contributed by atoms with van der Waals surface area (Å²) in [5.74, 6) is -1.16. The summed E-state index contributed by atoms with van der Waals surface area (Å²) in [5, 5.41) is 11.6. The number of nitrogens with one attached hydrogen (secondary N) is 1. The SMILES string of the molecule is CCC(C)N(CC)C(=O)Nc1cccnc1C(=O)O. The number of hydrogen-bond donors (Lipinski definition) is 2. The Bertz CT molecular complexity index is 462. The normalized spacial score (nSPS) is 11.7. The first-order chi connectivity index (χ1) is 9.01. The average molecular weight is 265 g/mol. The van der Waals surface area contributed by atoms with Crippen LogP contribution < -0.4 is 5.32 Å². The number of carboxylic acid groups (broad SMARTS) is 1. The molecule has 6 nitrogen and oxygen atoms in total. The Labute approximate surface area is 112 Å². The fraction of sp³-hybridized carbons (Fsp3) is 0.462. The smallest absolute Gasteiger partial charge is 0.356 e. The Morgan fingerprint density at radius 1 is 1.47 bits per heavy atom. The van der Waals surface area contributed by atoms with E-state index in [1.54, 1.807) is 11.0 Å². The molecule has 1 aromatic heterocycles. The molecule has 1 unspecified atom stereocenters. The summed E-state index contributed by atoms with van der Waals surface area (Å²) in [5.41, 5.74) is 0.0535. The number of carbonyl (C=O) groups is 2. The van der Waals surface area contributed by atoms with Crippen LogP contribution in [0.2, 0.25) is 0 Å². The van der Waals surface area contributed by atoms with Gasteiger partial charge in [0.1, 0.15) is 0 Å². The quantitative estimate of drug-likeness (QED) is 0.856. The van der Waals surface area contributed by atoms with E-state index >= 15 is 0 Å². The molecule has 0 aliphatic rings. The highest BCUT2D eigenvalue weighted by Gasteiger charge is 2.19. The first kappa shape index (κ1) is 14.9. The monoisotopic (exact) mass is 265 g/mol. The number of pyridine rings is 1. The summed E-state index contributed by atoms with van der Waals surface area (Å²) in [6, 6.07) is 2.89. The van der Waals surface area contributed by atoms with Crippen molar-refractivity contribution in [2.75, 3.05) is 11.9 Å². The van der Waals surface area contributed by atoms with E-state index < -0.39 is 5.97 Å². The van der Waals surface area contributed by atoms with E-state index in [1.165, 1.54) is 12.3 Å². The van der Waals surface area contributed by atoms with Crippen molar-refractivity contribution in [1.29, 1.82) is 0 Å². The van der Waals surface area contributed by atoms with E-state index in [0.29, 0.717) is 6.54 Å². The topological polar surface area (TPSA) is 82.5 Å². The van der Waals surface area contributed by atoms with Gasteiger partial charge in [0.15, 0.2) is 5.69 Å². The minimum absolute atomic E-state index is 0.0925. The van der Waals surface area contributed by atoms with Crippen molar-refractivity contribution < 1.29 is 14.7 Å². The standard InChI is InChI=1S/C13H19N3O3/c1-4-9(3)16(5-2)13(19)15-10-7-6-8-14-11(10)12(17)18/h6-9H,4-5H2,1-3H3,(H,15,19)(H,17,18). The number of carbonyl (C=O) groups excluding carboxylic acids is 1. The van der Waals surface area contributed by atoms with Gasteiger partial charge in [-0.05, 0) is 32.4 Å². The summed E-state index contributed by atoms with van der Waals surface area (Å²) in [4.78, 5) is 28.5. The molecule has 0 saturated carbocycles. The van der Waals surface area contributed by atoms with Gasteiger partial charge in [0.05, 0.1) is 5.69 Å². The zero-order valence-corrected chi connectivity index (χ0v) is 11.4. The van der Waals surface area contributed by atoms with Gasteiger partial charge in [-0.25, -0.2) is 14.6 Å². The summed E-state index contributed by atoms with van der Waals surface area (Å²) < 4.78 is 0. The molecule has 6 heteroatoms. The molecule has 0 saturated heterocycles.